The number of benzene rings is 3. The highest BCUT2D eigenvalue weighted by molar-refractivity contribution is 7.09. The molecule has 2 atom stereocenters. The molecule has 1 aliphatic rings. The maximum atomic E-state index is 13.9. The van der Waals surface area contributed by atoms with Crippen LogP contribution in [0.4, 0.5) is 13.2 Å². The molecule has 3 nitrogen and oxygen atoms in total. The van der Waals surface area contributed by atoms with Gasteiger partial charge in [0.25, 0.3) is 0 Å². The van der Waals surface area contributed by atoms with Crippen LogP contribution in [0.1, 0.15) is 66.2 Å². The second-order valence-corrected chi connectivity index (χ2v) is 11.0. The number of halogens is 3. The third-order valence-electron chi connectivity index (χ3n) is 7.17. The van der Waals surface area contributed by atoms with Gasteiger partial charge in [-0.25, -0.2) is 4.79 Å². The number of hydrogen-bond donors (Lipinski definition) is 0. The number of thiophene rings is 1. The Bertz CT molecular complexity index is 1400. The Morgan fingerprint density at radius 3 is 2.31 bits per heavy atom. The molecule has 2 unspecified atom stereocenters. The topological polar surface area (TPSA) is 38.8 Å². The van der Waals surface area contributed by atoms with Gasteiger partial charge in [0, 0.05) is 4.88 Å². The van der Waals surface area contributed by atoms with Crippen molar-refractivity contribution >= 4 is 28.1 Å². The fourth-order valence-corrected chi connectivity index (χ4v) is 5.86. The molecule has 39 heavy (non-hydrogen) atoms. The van der Waals surface area contributed by atoms with E-state index in [4.69, 9.17) is 9.47 Å². The minimum absolute atomic E-state index is 0.230. The number of fused-ring (bicyclic) bond motifs is 1. The van der Waals surface area contributed by atoms with Crippen molar-refractivity contribution in [1.82, 2.24) is 0 Å². The van der Waals surface area contributed by atoms with Crippen LogP contribution >= 0.6 is 11.3 Å². The molecule has 1 fully saturated rings. The van der Waals surface area contributed by atoms with Gasteiger partial charge in [0.1, 0.15) is 11.9 Å². The Hall–Kier alpha value is -3.16. The Labute approximate surface area is 230 Å². The van der Waals surface area contributed by atoms with Crippen LogP contribution in [0.15, 0.2) is 78.2 Å². The summed E-state index contributed by atoms with van der Waals surface area (Å²) in [5.74, 6) is -0.214. The van der Waals surface area contributed by atoms with Gasteiger partial charge in [0.05, 0.1) is 5.56 Å². The van der Waals surface area contributed by atoms with E-state index < -0.39 is 29.9 Å². The van der Waals surface area contributed by atoms with Gasteiger partial charge in [-0.05, 0) is 77.2 Å². The highest BCUT2D eigenvalue weighted by Gasteiger charge is 2.49. The number of carbonyl (C=O) groups excluding carboxylic acids is 1. The van der Waals surface area contributed by atoms with Crippen molar-refractivity contribution in [3.63, 3.8) is 0 Å². The second kappa shape index (κ2) is 12.3. The van der Waals surface area contributed by atoms with Gasteiger partial charge in [-0.3, -0.25) is 0 Å². The number of hydrogen-bond acceptors (Lipinski definition) is 4. The van der Waals surface area contributed by atoms with E-state index in [0.717, 1.165) is 55.4 Å². The van der Waals surface area contributed by atoms with Crippen molar-refractivity contribution in [3.05, 3.63) is 99.7 Å². The average Bonchev–Trinajstić information content (AvgIpc) is 3.56. The summed E-state index contributed by atoms with van der Waals surface area (Å²) in [6.07, 6.45) is 1.13. The molecule has 0 N–H and O–H groups in total. The van der Waals surface area contributed by atoms with Crippen molar-refractivity contribution < 1.29 is 27.4 Å². The third-order valence-corrected chi connectivity index (χ3v) is 8.10. The number of ether oxygens (including phenoxy) is 2. The molecule has 0 radical (unpaired) electrons. The summed E-state index contributed by atoms with van der Waals surface area (Å²) in [6, 6.07) is 21.4. The van der Waals surface area contributed by atoms with E-state index in [1.54, 1.807) is 29.5 Å². The number of unbranched alkanes of at least 4 members (excludes halogenated alkanes) is 5. The molecule has 2 heterocycles. The van der Waals surface area contributed by atoms with Crippen LogP contribution in [0, 0.1) is 0 Å². The van der Waals surface area contributed by atoms with E-state index in [1.807, 2.05) is 30.3 Å². The van der Waals surface area contributed by atoms with Crippen LogP contribution < -0.4 is 4.74 Å². The summed E-state index contributed by atoms with van der Waals surface area (Å²) < 4.78 is 52.8. The quantitative estimate of drug-likeness (QED) is 0.0762. The molecular formula is C32H31F3O3S. The molecule has 0 bridgehead atoms. The first-order chi connectivity index (χ1) is 18.9. The van der Waals surface area contributed by atoms with Crippen LogP contribution in [-0.2, 0) is 28.5 Å². The van der Waals surface area contributed by atoms with Gasteiger partial charge in [-0.1, -0.05) is 74.2 Å². The van der Waals surface area contributed by atoms with Crippen LogP contribution in [0.25, 0.3) is 10.8 Å². The lowest BCUT2D eigenvalue weighted by Gasteiger charge is -2.16. The predicted octanol–water partition coefficient (Wildman–Crippen LogP) is 9.09. The van der Waals surface area contributed by atoms with Crippen molar-refractivity contribution in [2.75, 3.05) is 0 Å². The molecule has 4 aromatic rings. The summed E-state index contributed by atoms with van der Waals surface area (Å²) >= 11 is 1.78. The van der Waals surface area contributed by atoms with E-state index in [2.05, 4.69) is 17.5 Å². The van der Waals surface area contributed by atoms with Crippen LogP contribution in [-0.4, -0.2) is 12.1 Å². The molecule has 3 aromatic carbocycles. The van der Waals surface area contributed by atoms with Crippen LogP contribution in [0.2, 0.25) is 0 Å². The lowest BCUT2D eigenvalue weighted by Crippen LogP contribution is -2.17. The Kier molecular flexibility index (Phi) is 8.68. The molecule has 0 amide bonds. The van der Waals surface area contributed by atoms with E-state index >= 15 is 0 Å². The molecule has 5 rings (SSSR count). The number of epoxide rings is 1. The summed E-state index contributed by atoms with van der Waals surface area (Å²) in [5.41, 5.74) is 0.0167. The zero-order chi connectivity index (χ0) is 27.2. The van der Waals surface area contributed by atoms with E-state index in [0.29, 0.717) is 24.2 Å². The maximum Gasteiger partial charge on any atom is 0.416 e. The van der Waals surface area contributed by atoms with Crippen LogP contribution in [0.5, 0.6) is 5.75 Å². The molecule has 0 aliphatic carbocycles. The van der Waals surface area contributed by atoms with Crippen molar-refractivity contribution in [2.24, 2.45) is 0 Å². The number of alkyl halides is 3. The van der Waals surface area contributed by atoms with E-state index in [9.17, 15) is 18.0 Å². The first-order valence-electron chi connectivity index (χ1n) is 13.5. The van der Waals surface area contributed by atoms with Crippen molar-refractivity contribution in [3.8, 4) is 5.75 Å². The van der Waals surface area contributed by atoms with Crippen LogP contribution in [0.3, 0.4) is 0 Å². The monoisotopic (exact) mass is 552 g/mol. The van der Waals surface area contributed by atoms with Gasteiger partial charge in [0.15, 0.2) is 6.10 Å². The van der Waals surface area contributed by atoms with Gasteiger partial charge >= 0.3 is 12.1 Å². The standard InChI is InChI=1S/C32H31F3O3S/c33-32(34,35)28-17-9-16-27(26(28)15-6-4-2-1-3-5-13-25-14-10-20-39-25)29-30(38-29)31(36)37-24-19-18-22-11-7-8-12-23(22)21-24/h7-12,14,16-21,29-30H,1-6,13,15H2. The maximum absolute atomic E-state index is 13.9. The van der Waals surface area contributed by atoms with E-state index in [1.165, 1.54) is 10.9 Å². The Balaban J connectivity index is 1.17. The number of aryl methyl sites for hydroxylation is 1. The highest BCUT2D eigenvalue weighted by atomic mass is 32.1. The van der Waals surface area contributed by atoms with Gasteiger partial charge < -0.3 is 9.47 Å². The minimum Gasteiger partial charge on any atom is -0.425 e. The van der Waals surface area contributed by atoms with E-state index in [-0.39, 0.29) is 5.56 Å². The predicted molar refractivity (Wildman–Crippen MR) is 148 cm³/mol. The smallest absolute Gasteiger partial charge is 0.416 e. The summed E-state index contributed by atoms with van der Waals surface area (Å²) in [4.78, 5) is 14.2. The molecule has 0 spiro atoms. The molecule has 7 heteroatoms. The zero-order valence-electron chi connectivity index (χ0n) is 21.6. The van der Waals surface area contributed by atoms with Crippen molar-refractivity contribution in [2.45, 2.75) is 69.8 Å². The minimum atomic E-state index is -4.47. The Morgan fingerprint density at radius 1 is 0.821 bits per heavy atom. The average molecular weight is 553 g/mol. The van der Waals surface area contributed by atoms with Crippen molar-refractivity contribution in [1.29, 1.82) is 0 Å². The summed E-state index contributed by atoms with van der Waals surface area (Å²) in [7, 11) is 0. The molecule has 1 saturated heterocycles. The normalized spacial score (nSPS) is 16.9. The first kappa shape index (κ1) is 27.4. The summed E-state index contributed by atoms with van der Waals surface area (Å²) in [6.45, 7) is 0. The van der Waals surface area contributed by atoms with Gasteiger partial charge in [0.2, 0.25) is 0 Å². The molecule has 204 valence electrons. The lowest BCUT2D eigenvalue weighted by molar-refractivity contribution is -0.138. The third kappa shape index (κ3) is 7.08. The SMILES string of the molecule is O=C(Oc1ccc2ccccc2c1)C1OC1c1cccc(C(F)(F)F)c1CCCCCCCCc1cccs1. The molecular weight excluding hydrogens is 521 g/mol. The largest absolute Gasteiger partial charge is 0.425 e. The lowest BCUT2D eigenvalue weighted by atomic mass is 9.92. The number of carbonyl (C=O) groups is 1. The molecule has 1 aromatic heterocycles. The fourth-order valence-electron chi connectivity index (χ4n) is 5.11. The Morgan fingerprint density at radius 2 is 1.56 bits per heavy atom. The first-order valence-corrected chi connectivity index (χ1v) is 14.4. The van der Waals surface area contributed by atoms with Gasteiger partial charge in [-0.15, -0.1) is 11.3 Å². The van der Waals surface area contributed by atoms with Gasteiger partial charge in [-0.2, -0.15) is 13.2 Å². The fraction of sp³-hybridized carbons (Fsp3) is 0.344. The molecule has 1 aliphatic heterocycles. The zero-order valence-corrected chi connectivity index (χ0v) is 22.4. The number of esters is 1. The highest BCUT2D eigenvalue weighted by Crippen LogP contribution is 2.45. The second-order valence-electron chi connectivity index (χ2n) is 9.98. The summed E-state index contributed by atoms with van der Waals surface area (Å²) in [5, 5.41) is 4.04. The number of rotatable bonds is 12. The molecule has 0 saturated carbocycles.